The fourth-order valence-corrected chi connectivity index (χ4v) is 6.42. The summed E-state index contributed by atoms with van der Waals surface area (Å²) in [5.41, 5.74) is 8.40. The molecule has 0 saturated carbocycles. The quantitative estimate of drug-likeness (QED) is 0.188. The molecule has 0 radical (unpaired) electrons. The van der Waals surface area contributed by atoms with Gasteiger partial charge in [-0.3, -0.25) is 0 Å². The summed E-state index contributed by atoms with van der Waals surface area (Å²) in [5.74, 6) is 0. The highest BCUT2D eigenvalue weighted by Gasteiger charge is 2.22. The summed E-state index contributed by atoms with van der Waals surface area (Å²) >= 11 is 0. The van der Waals surface area contributed by atoms with Crippen molar-refractivity contribution in [2.24, 2.45) is 0 Å². The Morgan fingerprint density at radius 1 is 0.318 bits per heavy atom. The molecule has 0 unspecified atom stereocenters. The monoisotopic (exact) mass is 563 g/mol. The van der Waals surface area contributed by atoms with Crippen LogP contribution in [-0.4, -0.2) is 0 Å². The first-order chi connectivity index (χ1) is 21.3. The van der Waals surface area contributed by atoms with Crippen LogP contribution in [0.25, 0.3) is 54.6 Å². The van der Waals surface area contributed by atoms with Gasteiger partial charge in [0.15, 0.2) is 0 Å². The van der Waals surface area contributed by atoms with Crippen LogP contribution >= 0.6 is 0 Å². The van der Waals surface area contributed by atoms with Gasteiger partial charge < -0.3 is 4.90 Å². The predicted octanol–water partition coefficient (Wildman–Crippen LogP) is 12.6. The predicted molar refractivity (Wildman–Crippen MR) is 191 cm³/mol. The van der Waals surface area contributed by atoms with Crippen molar-refractivity contribution in [3.8, 4) is 22.3 Å². The van der Waals surface area contributed by atoms with Gasteiger partial charge in [-0.15, -0.1) is 0 Å². The second-order valence-corrected chi connectivity index (χ2v) is 11.0. The summed E-state index contributed by atoms with van der Waals surface area (Å²) in [6.07, 6.45) is 0. The third-order valence-electron chi connectivity index (χ3n) is 8.41. The number of anilines is 3. The first-order valence-corrected chi connectivity index (χ1v) is 14.8. The van der Waals surface area contributed by atoms with Gasteiger partial charge in [-0.2, -0.15) is 0 Å². The van der Waals surface area contributed by atoms with Gasteiger partial charge >= 0.3 is 0 Å². The van der Waals surface area contributed by atoms with E-state index < -0.39 is 0 Å². The third-order valence-corrected chi connectivity index (χ3v) is 8.41. The molecule has 1 nitrogen and oxygen atoms in total. The standard InChI is InChI=1S/C42H29N.CH4/c1-3-13-30(14-4-1)32-23-25-33(26-24-32)41-37-19-9-11-21-39(37)42(40-22-12-10-20-38(40)41)43(35-17-5-2-6-18-35)36-28-27-31-15-7-8-16-34(31)29-36;/h1-29H;1H4. The molecule has 8 aromatic carbocycles. The maximum Gasteiger partial charge on any atom is 0.0618 e. The van der Waals surface area contributed by atoms with E-state index in [-0.39, 0.29) is 7.43 Å². The van der Waals surface area contributed by atoms with Gasteiger partial charge in [0.25, 0.3) is 0 Å². The molecule has 0 atom stereocenters. The minimum Gasteiger partial charge on any atom is -0.309 e. The van der Waals surface area contributed by atoms with Gasteiger partial charge in [-0.05, 0) is 68.1 Å². The Bertz CT molecular complexity index is 2160. The molecule has 0 saturated heterocycles. The lowest BCUT2D eigenvalue weighted by Crippen LogP contribution is -2.11. The summed E-state index contributed by atoms with van der Waals surface area (Å²) < 4.78 is 0. The number of hydrogen-bond acceptors (Lipinski definition) is 1. The maximum absolute atomic E-state index is 2.43. The number of rotatable bonds is 5. The highest BCUT2D eigenvalue weighted by molar-refractivity contribution is 6.22. The lowest BCUT2D eigenvalue weighted by atomic mass is 9.89. The largest absolute Gasteiger partial charge is 0.309 e. The molecule has 44 heavy (non-hydrogen) atoms. The third kappa shape index (κ3) is 4.69. The molecule has 0 aromatic heterocycles. The Labute approximate surface area is 259 Å². The molecule has 0 aliphatic carbocycles. The zero-order valence-corrected chi connectivity index (χ0v) is 23.7. The number of fused-ring (bicyclic) bond motifs is 3. The molecule has 0 aliphatic rings. The molecule has 0 heterocycles. The molecule has 8 rings (SSSR count). The normalized spacial score (nSPS) is 11.0. The van der Waals surface area contributed by atoms with Crippen molar-refractivity contribution in [2.75, 3.05) is 4.90 Å². The van der Waals surface area contributed by atoms with E-state index >= 15 is 0 Å². The minimum atomic E-state index is 0. The van der Waals surface area contributed by atoms with Gasteiger partial charge in [0.1, 0.15) is 0 Å². The van der Waals surface area contributed by atoms with Crippen molar-refractivity contribution < 1.29 is 0 Å². The van der Waals surface area contributed by atoms with E-state index in [1.54, 1.807) is 0 Å². The van der Waals surface area contributed by atoms with Crippen molar-refractivity contribution in [3.63, 3.8) is 0 Å². The average molecular weight is 564 g/mol. The van der Waals surface area contributed by atoms with Crippen molar-refractivity contribution >= 4 is 49.4 Å². The highest BCUT2D eigenvalue weighted by Crippen LogP contribution is 2.48. The lowest BCUT2D eigenvalue weighted by molar-refractivity contribution is 1.32. The van der Waals surface area contributed by atoms with Gasteiger partial charge in [-0.1, -0.05) is 159 Å². The zero-order valence-electron chi connectivity index (χ0n) is 23.7. The molecule has 0 bridgehead atoms. The molecule has 0 amide bonds. The van der Waals surface area contributed by atoms with Crippen LogP contribution in [0.3, 0.4) is 0 Å². The van der Waals surface area contributed by atoms with Crippen molar-refractivity contribution in [1.82, 2.24) is 0 Å². The molecule has 1 heteroatoms. The fraction of sp³-hybridized carbons (Fsp3) is 0.0233. The summed E-state index contributed by atoms with van der Waals surface area (Å²) in [6, 6.07) is 63.4. The van der Waals surface area contributed by atoms with Crippen LogP contribution in [0.4, 0.5) is 17.1 Å². The molecule has 0 spiro atoms. The van der Waals surface area contributed by atoms with Crippen LogP contribution in [0.15, 0.2) is 176 Å². The van der Waals surface area contributed by atoms with Crippen molar-refractivity contribution in [1.29, 1.82) is 0 Å². The molecule has 0 fully saturated rings. The first kappa shape index (κ1) is 27.2. The van der Waals surface area contributed by atoms with Crippen molar-refractivity contribution in [2.45, 2.75) is 7.43 Å². The van der Waals surface area contributed by atoms with Crippen molar-refractivity contribution in [3.05, 3.63) is 176 Å². The van der Waals surface area contributed by atoms with Gasteiger partial charge in [0.2, 0.25) is 0 Å². The first-order valence-electron chi connectivity index (χ1n) is 14.8. The number of nitrogens with zero attached hydrogens (tertiary/aromatic N) is 1. The van der Waals surface area contributed by atoms with Crippen LogP contribution in [0.5, 0.6) is 0 Å². The van der Waals surface area contributed by atoms with E-state index in [0.717, 1.165) is 11.4 Å². The topological polar surface area (TPSA) is 3.24 Å². The highest BCUT2D eigenvalue weighted by atomic mass is 15.1. The second-order valence-electron chi connectivity index (χ2n) is 11.0. The van der Waals surface area contributed by atoms with Crippen LogP contribution in [-0.2, 0) is 0 Å². The van der Waals surface area contributed by atoms with Gasteiger partial charge in [-0.25, -0.2) is 0 Å². The van der Waals surface area contributed by atoms with Crippen LogP contribution < -0.4 is 4.90 Å². The van der Waals surface area contributed by atoms with E-state index in [9.17, 15) is 0 Å². The molecule has 210 valence electrons. The Morgan fingerprint density at radius 2 is 0.795 bits per heavy atom. The van der Waals surface area contributed by atoms with E-state index in [1.807, 2.05) is 0 Å². The maximum atomic E-state index is 2.43. The Morgan fingerprint density at radius 3 is 1.43 bits per heavy atom. The van der Waals surface area contributed by atoms with Crippen LogP contribution in [0, 0.1) is 0 Å². The fourth-order valence-electron chi connectivity index (χ4n) is 6.42. The number of benzene rings is 8. The Hall–Kier alpha value is -5.66. The Kier molecular flexibility index (Phi) is 7.14. The SMILES string of the molecule is C.c1ccc(-c2ccc(-c3c4ccccc4c(N(c4ccccc4)c4ccc5ccccc5c4)c4ccccc34)cc2)cc1. The molecular weight excluding hydrogens is 530 g/mol. The summed E-state index contributed by atoms with van der Waals surface area (Å²) in [7, 11) is 0. The average Bonchev–Trinajstić information content (AvgIpc) is 3.09. The zero-order chi connectivity index (χ0) is 28.6. The second kappa shape index (κ2) is 11.6. The summed E-state index contributed by atoms with van der Waals surface area (Å²) in [6.45, 7) is 0. The van der Waals surface area contributed by atoms with E-state index in [0.29, 0.717) is 0 Å². The molecule has 0 aliphatic heterocycles. The van der Waals surface area contributed by atoms with Gasteiger partial charge in [0.05, 0.1) is 5.69 Å². The van der Waals surface area contributed by atoms with Crippen LogP contribution in [0.1, 0.15) is 7.43 Å². The smallest absolute Gasteiger partial charge is 0.0618 e. The minimum absolute atomic E-state index is 0. The van der Waals surface area contributed by atoms with Crippen LogP contribution in [0.2, 0.25) is 0 Å². The van der Waals surface area contributed by atoms with Gasteiger partial charge in [0, 0.05) is 22.1 Å². The van der Waals surface area contributed by atoms with E-state index in [1.165, 1.54) is 60.3 Å². The molecule has 0 N–H and O–H groups in total. The number of para-hydroxylation sites is 1. The molecular formula is C43H33N. The summed E-state index contributed by atoms with van der Waals surface area (Å²) in [4.78, 5) is 2.43. The van der Waals surface area contributed by atoms with E-state index in [2.05, 4.69) is 181 Å². The molecule has 8 aromatic rings. The number of hydrogen-bond donors (Lipinski definition) is 0. The Balaban J connectivity index is 0.00000312. The van der Waals surface area contributed by atoms with E-state index in [4.69, 9.17) is 0 Å². The summed E-state index contributed by atoms with van der Waals surface area (Å²) in [5, 5.41) is 7.39. The lowest BCUT2D eigenvalue weighted by Gasteiger charge is -2.29.